The molecule has 4 nitrogen and oxygen atoms in total. The van der Waals surface area contributed by atoms with Gasteiger partial charge in [-0.2, -0.15) is 23.3 Å². The van der Waals surface area contributed by atoms with Gasteiger partial charge in [0.15, 0.2) is 0 Å². The van der Waals surface area contributed by atoms with E-state index in [2.05, 4.69) is 5.10 Å². The van der Waals surface area contributed by atoms with Crippen LogP contribution in [0.25, 0.3) is 0 Å². The zero-order valence-electron chi connectivity index (χ0n) is 11.4. The van der Waals surface area contributed by atoms with Crippen LogP contribution in [0.2, 0.25) is 0 Å². The molecule has 2 rings (SSSR count). The fraction of sp³-hybridized carbons (Fsp3) is 0.429. The Balaban J connectivity index is 2.26. The summed E-state index contributed by atoms with van der Waals surface area (Å²) in [5, 5.41) is 13.7. The minimum absolute atomic E-state index is 0.149. The highest BCUT2D eigenvalue weighted by Crippen LogP contribution is 2.40. The van der Waals surface area contributed by atoms with Crippen molar-refractivity contribution in [3.05, 3.63) is 35.9 Å². The Morgan fingerprint density at radius 1 is 1.38 bits per heavy atom. The summed E-state index contributed by atoms with van der Waals surface area (Å²) in [6.45, 7) is 1.63. The zero-order valence-corrected chi connectivity index (χ0v) is 11.4. The molecule has 1 amide bonds. The minimum Gasteiger partial charge on any atom is -0.362 e. The number of carbonyl (C=O) groups is 1. The molecule has 0 aliphatic carbocycles. The van der Waals surface area contributed by atoms with Crippen molar-refractivity contribution >= 4 is 11.6 Å². The number of alkyl halides is 3. The van der Waals surface area contributed by atoms with Gasteiger partial charge in [-0.25, -0.2) is 0 Å². The second-order valence-corrected chi connectivity index (χ2v) is 4.88. The van der Waals surface area contributed by atoms with E-state index in [0.717, 1.165) is 0 Å². The highest BCUT2D eigenvalue weighted by molar-refractivity contribution is 5.91. The van der Waals surface area contributed by atoms with Crippen molar-refractivity contribution in [2.45, 2.75) is 38.1 Å². The normalized spacial score (nSPS) is 22.3. The monoisotopic (exact) mass is 300 g/mol. The molecule has 0 aromatic heterocycles. The molecule has 1 N–H and O–H groups in total. The van der Waals surface area contributed by atoms with E-state index in [-0.39, 0.29) is 23.6 Å². The van der Waals surface area contributed by atoms with Gasteiger partial charge < -0.3 is 5.11 Å². The van der Waals surface area contributed by atoms with Gasteiger partial charge in [-0.05, 0) is 12.0 Å². The Hall–Kier alpha value is -1.89. The van der Waals surface area contributed by atoms with Gasteiger partial charge in [-0.1, -0.05) is 37.3 Å². The second-order valence-electron chi connectivity index (χ2n) is 4.88. The van der Waals surface area contributed by atoms with Crippen molar-refractivity contribution in [3.63, 3.8) is 0 Å². The standard InChI is InChI=1S/C14H15F3N2O2/c1-2-11-9-13(21,14(15,16)17)19(18-11)12(20)8-10-6-4-3-5-7-10/h3-7,21H,2,8-9H2,1H3/t13-/m1/s1. The molecule has 21 heavy (non-hydrogen) atoms. The number of rotatable bonds is 3. The first-order valence-corrected chi connectivity index (χ1v) is 6.50. The van der Waals surface area contributed by atoms with E-state index in [4.69, 9.17) is 0 Å². The Labute approximate surface area is 119 Å². The average Bonchev–Trinajstić information content (AvgIpc) is 2.78. The van der Waals surface area contributed by atoms with Crippen LogP contribution in [0.5, 0.6) is 0 Å². The van der Waals surface area contributed by atoms with E-state index in [1.807, 2.05) is 0 Å². The Kier molecular flexibility index (Phi) is 4.04. The second kappa shape index (κ2) is 5.48. The maximum Gasteiger partial charge on any atom is 0.438 e. The lowest BCUT2D eigenvalue weighted by molar-refractivity contribution is -0.302. The van der Waals surface area contributed by atoms with Crippen LogP contribution in [0, 0.1) is 0 Å². The minimum atomic E-state index is -4.96. The van der Waals surface area contributed by atoms with E-state index in [0.29, 0.717) is 5.56 Å². The van der Waals surface area contributed by atoms with Crippen LogP contribution < -0.4 is 0 Å². The lowest BCUT2D eigenvalue weighted by Gasteiger charge is -2.32. The molecule has 0 fully saturated rings. The third kappa shape index (κ3) is 2.92. The van der Waals surface area contributed by atoms with E-state index in [1.54, 1.807) is 37.3 Å². The third-order valence-electron chi connectivity index (χ3n) is 3.34. The molecule has 1 atom stereocenters. The Morgan fingerprint density at radius 2 is 2.00 bits per heavy atom. The highest BCUT2D eigenvalue weighted by Gasteiger charge is 2.62. The van der Waals surface area contributed by atoms with Crippen LogP contribution in [0.3, 0.4) is 0 Å². The number of hydrogen-bond donors (Lipinski definition) is 1. The van der Waals surface area contributed by atoms with Crippen LogP contribution in [0.4, 0.5) is 13.2 Å². The van der Waals surface area contributed by atoms with Crippen LogP contribution in [0.1, 0.15) is 25.3 Å². The number of hydrogen-bond acceptors (Lipinski definition) is 3. The number of nitrogens with zero attached hydrogens (tertiary/aromatic N) is 2. The molecule has 1 aromatic carbocycles. The van der Waals surface area contributed by atoms with Crippen molar-refractivity contribution in [1.82, 2.24) is 5.01 Å². The summed E-state index contributed by atoms with van der Waals surface area (Å²) in [6.07, 6.45) is -5.67. The number of amides is 1. The van der Waals surface area contributed by atoms with Gasteiger partial charge in [0.2, 0.25) is 5.91 Å². The first kappa shape index (κ1) is 15.5. The predicted octanol–water partition coefficient (Wildman–Crippen LogP) is 2.48. The largest absolute Gasteiger partial charge is 0.438 e. The number of hydrazone groups is 1. The average molecular weight is 300 g/mol. The number of halogens is 3. The maximum atomic E-state index is 13.1. The summed E-state index contributed by atoms with van der Waals surface area (Å²) >= 11 is 0. The molecule has 0 unspecified atom stereocenters. The summed E-state index contributed by atoms with van der Waals surface area (Å²) < 4.78 is 39.3. The van der Waals surface area contributed by atoms with Gasteiger partial charge >= 0.3 is 6.18 Å². The van der Waals surface area contributed by atoms with Crippen molar-refractivity contribution in [2.24, 2.45) is 5.10 Å². The molecule has 0 radical (unpaired) electrons. The van der Waals surface area contributed by atoms with Crippen LogP contribution in [-0.4, -0.2) is 33.6 Å². The number of benzene rings is 1. The molecule has 0 saturated carbocycles. The molecule has 7 heteroatoms. The molecular formula is C14H15F3N2O2. The van der Waals surface area contributed by atoms with Crippen molar-refractivity contribution in [1.29, 1.82) is 0 Å². The molecule has 0 spiro atoms. The maximum absolute atomic E-state index is 13.1. The fourth-order valence-electron chi connectivity index (χ4n) is 2.14. The van der Waals surface area contributed by atoms with E-state index in [9.17, 15) is 23.1 Å². The van der Waals surface area contributed by atoms with Gasteiger partial charge in [-0.3, -0.25) is 4.79 Å². The summed E-state index contributed by atoms with van der Waals surface area (Å²) in [7, 11) is 0. The van der Waals surface area contributed by atoms with E-state index >= 15 is 0 Å². The van der Waals surface area contributed by atoms with Crippen LogP contribution >= 0.6 is 0 Å². The fourth-order valence-corrected chi connectivity index (χ4v) is 2.14. The summed E-state index contributed by atoms with van der Waals surface area (Å²) in [6, 6.07) is 8.37. The topological polar surface area (TPSA) is 52.9 Å². The molecule has 1 aliphatic rings. The number of carbonyl (C=O) groups excluding carboxylic acids is 1. The Bertz CT molecular complexity index is 557. The van der Waals surface area contributed by atoms with Gasteiger partial charge in [0.1, 0.15) is 0 Å². The summed E-state index contributed by atoms with van der Waals surface area (Å²) in [4.78, 5) is 12.1. The van der Waals surface area contributed by atoms with Gasteiger partial charge in [-0.15, -0.1) is 0 Å². The van der Waals surface area contributed by atoms with E-state index in [1.165, 1.54) is 0 Å². The lowest BCUT2D eigenvalue weighted by atomic mass is 10.0. The predicted molar refractivity (Wildman–Crippen MR) is 70.3 cm³/mol. The Morgan fingerprint density at radius 3 is 2.52 bits per heavy atom. The van der Waals surface area contributed by atoms with Crippen molar-refractivity contribution in [3.8, 4) is 0 Å². The van der Waals surface area contributed by atoms with Gasteiger partial charge in [0.05, 0.1) is 6.42 Å². The van der Waals surface area contributed by atoms with Gasteiger partial charge in [0.25, 0.3) is 5.72 Å². The molecule has 1 heterocycles. The van der Waals surface area contributed by atoms with Crippen LogP contribution in [0.15, 0.2) is 35.4 Å². The smallest absolute Gasteiger partial charge is 0.362 e. The summed E-state index contributed by atoms with van der Waals surface area (Å²) in [5.41, 5.74) is -2.53. The van der Waals surface area contributed by atoms with Gasteiger partial charge in [0, 0.05) is 12.1 Å². The molecule has 114 valence electrons. The number of aliphatic hydroxyl groups is 1. The van der Waals surface area contributed by atoms with Crippen molar-refractivity contribution < 1.29 is 23.1 Å². The SMILES string of the molecule is CCC1=NN(C(=O)Cc2ccccc2)[C@](O)(C(F)(F)F)C1. The van der Waals surface area contributed by atoms with Crippen LogP contribution in [-0.2, 0) is 11.2 Å². The van der Waals surface area contributed by atoms with E-state index < -0.39 is 24.2 Å². The third-order valence-corrected chi connectivity index (χ3v) is 3.34. The molecule has 0 bridgehead atoms. The van der Waals surface area contributed by atoms with Crippen molar-refractivity contribution in [2.75, 3.05) is 0 Å². The molecule has 1 aliphatic heterocycles. The lowest BCUT2D eigenvalue weighted by Crippen LogP contribution is -2.57. The molecule has 0 saturated heterocycles. The molecule has 1 aromatic rings. The first-order valence-electron chi connectivity index (χ1n) is 6.50. The first-order chi connectivity index (χ1) is 9.78. The summed E-state index contributed by atoms with van der Waals surface area (Å²) in [5.74, 6) is -0.885. The zero-order chi connectivity index (χ0) is 15.7. The quantitative estimate of drug-likeness (QED) is 0.932. The molecular weight excluding hydrogens is 285 g/mol. The highest BCUT2D eigenvalue weighted by atomic mass is 19.4.